The summed E-state index contributed by atoms with van der Waals surface area (Å²) in [6.45, 7) is 2.80. The van der Waals surface area contributed by atoms with Crippen LogP contribution in [0.25, 0.3) is 0 Å². The number of hydrogen-bond donors (Lipinski definition) is 1. The van der Waals surface area contributed by atoms with Gasteiger partial charge in [-0.2, -0.15) is 0 Å². The molecule has 1 aromatic carbocycles. The number of likely N-dealkylation sites (N-methyl/N-ethyl adjacent to an activating group) is 1. The van der Waals surface area contributed by atoms with E-state index < -0.39 is 0 Å². The standard InChI is InChI=1S/C10H16N2.ClH/c1-9(8-11)12(2)10-6-4-3-5-7-10;/h3-7,9H,8,11H2,1-2H3;1H. The van der Waals surface area contributed by atoms with Crippen molar-refractivity contribution in [2.75, 3.05) is 18.5 Å². The number of halogens is 1. The average molecular weight is 201 g/mol. The molecule has 1 aromatic rings. The molecule has 0 saturated heterocycles. The van der Waals surface area contributed by atoms with E-state index in [-0.39, 0.29) is 12.4 Å². The lowest BCUT2D eigenvalue weighted by atomic mass is 10.2. The Hall–Kier alpha value is -0.730. The molecule has 0 aliphatic carbocycles. The van der Waals surface area contributed by atoms with Gasteiger partial charge in [-0.25, -0.2) is 0 Å². The molecule has 0 aliphatic heterocycles. The van der Waals surface area contributed by atoms with Gasteiger partial charge >= 0.3 is 0 Å². The molecule has 1 rings (SSSR count). The van der Waals surface area contributed by atoms with Crippen LogP contribution in [-0.4, -0.2) is 19.6 Å². The van der Waals surface area contributed by atoms with Gasteiger partial charge in [0, 0.05) is 25.3 Å². The molecule has 0 aromatic heterocycles. The van der Waals surface area contributed by atoms with Gasteiger partial charge in [-0.15, -0.1) is 12.4 Å². The van der Waals surface area contributed by atoms with Crippen molar-refractivity contribution >= 4 is 18.1 Å². The number of nitrogens with two attached hydrogens (primary N) is 1. The third-order valence-corrected chi connectivity index (χ3v) is 2.17. The molecule has 0 amide bonds. The number of rotatable bonds is 3. The fourth-order valence-electron chi connectivity index (χ4n) is 1.08. The van der Waals surface area contributed by atoms with Crippen LogP contribution in [-0.2, 0) is 0 Å². The van der Waals surface area contributed by atoms with E-state index >= 15 is 0 Å². The van der Waals surface area contributed by atoms with Gasteiger partial charge < -0.3 is 10.6 Å². The molecule has 0 spiro atoms. The first kappa shape index (κ1) is 12.3. The quantitative estimate of drug-likeness (QED) is 0.808. The van der Waals surface area contributed by atoms with Gasteiger partial charge in [-0.05, 0) is 19.1 Å². The maximum Gasteiger partial charge on any atom is 0.0380 e. The number of anilines is 1. The van der Waals surface area contributed by atoms with Crippen molar-refractivity contribution < 1.29 is 0 Å². The second-order valence-corrected chi connectivity index (χ2v) is 3.03. The van der Waals surface area contributed by atoms with Crippen molar-refractivity contribution in [3.63, 3.8) is 0 Å². The first-order chi connectivity index (χ1) is 5.75. The Kier molecular flexibility index (Phi) is 5.51. The van der Waals surface area contributed by atoms with Crippen molar-refractivity contribution in [3.8, 4) is 0 Å². The maximum absolute atomic E-state index is 5.57. The largest absolute Gasteiger partial charge is 0.371 e. The van der Waals surface area contributed by atoms with Crippen LogP contribution < -0.4 is 10.6 Å². The third kappa shape index (κ3) is 3.25. The molecule has 0 bridgehead atoms. The number of hydrogen-bond acceptors (Lipinski definition) is 2. The van der Waals surface area contributed by atoms with Crippen molar-refractivity contribution in [3.05, 3.63) is 30.3 Å². The topological polar surface area (TPSA) is 29.3 Å². The monoisotopic (exact) mass is 200 g/mol. The SMILES string of the molecule is CC(CN)N(C)c1ccccc1.Cl. The van der Waals surface area contributed by atoms with Crippen LogP contribution in [0.15, 0.2) is 30.3 Å². The molecular weight excluding hydrogens is 184 g/mol. The van der Waals surface area contributed by atoms with Crippen molar-refractivity contribution in [2.45, 2.75) is 13.0 Å². The van der Waals surface area contributed by atoms with E-state index in [2.05, 4.69) is 31.0 Å². The second-order valence-electron chi connectivity index (χ2n) is 3.03. The van der Waals surface area contributed by atoms with Crippen LogP contribution in [0, 0.1) is 0 Å². The first-order valence-electron chi connectivity index (χ1n) is 4.23. The van der Waals surface area contributed by atoms with Crippen LogP contribution in [0.3, 0.4) is 0 Å². The minimum absolute atomic E-state index is 0. The van der Waals surface area contributed by atoms with Crippen LogP contribution >= 0.6 is 12.4 Å². The summed E-state index contributed by atoms with van der Waals surface area (Å²) < 4.78 is 0. The molecule has 0 saturated carbocycles. The second kappa shape index (κ2) is 5.84. The van der Waals surface area contributed by atoms with E-state index in [0.29, 0.717) is 12.6 Å². The summed E-state index contributed by atoms with van der Waals surface area (Å²) in [5.74, 6) is 0. The Morgan fingerprint density at radius 3 is 2.31 bits per heavy atom. The van der Waals surface area contributed by atoms with Gasteiger partial charge in [0.05, 0.1) is 0 Å². The van der Waals surface area contributed by atoms with Gasteiger partial charge in [0.2, 0.25) is 0 Å². The summed E-state index contributed by atoms with van der Waals surface area (Å²) in [6, 6.07) is 10.7. The van der Waals surface area contributed by atoms with Gasteiger partial charge in [0.25, 0.3) is 0 Å². The molecular formula is C10H17ClN2. The molecule has 1 atom stereocenters. The highest BCUT2D eigenvalue weighted by atomic mass is 35.5. The summed E-state index contributed by atoms with van der Waals surface area (Å²) in [4.78, 5) is 2.18. The van der Waals surface area contributed by atoms with Crippen LogP contribution in [0.4, 0.5) is 5.69 Å². The van der Waals surface area contributed by atoms with E-state index in [1.54, 1.807) is 0 Å². The highest BCUT2D eigenvalue weighted by Gasteiger charge is 2.05. The Morgan fingerprint density at radius 1 is 1.31 bits per heavy atom. The molecule has 1 unspecified atom stereocenters. The van der Waals surface area contributed by atoms with E-state index in [1.165, 1.54) is 5.69 Å². The van der Waals surface area contributed by atoms with Crippen molar-refractivity contribution in [1.82, 2.24) is 0 Å². The average Bonchev–Trinajstić information content (AvgIpc) is 2.17. The smallest absolute Gasteiger partial charge is 0.0380 e. The first-order valence-corrected chi connectivity index (χ1v) is 4.23. The predicted molar refractivity (Wildman–Crippen MR) is 60.6 cm³/mol. The third-order valence-electron chi connectivity index (χ3n) is 2.17. The van der Waals surface area contributed by atoms with Crippen molar-refractivity contribution in [1.29, 1.82) is 0 Å². The van der Waals surface area contributed by atoms with E-state index in [1.807, 2.05) is 18.2 Å². The molecule has 0 aliphatic rings. The van der Waals surface area contributed by atoms with E-state index in [4.69, 9.17) is 5.73 Å². The predicted octanol–water partition coefficient (Wildman–Crippen LogP) is 1.89. The minimum Gasteiger partial charge on any atom is -0.371 e. The van der Waals surface area contributed by atoms with Crippen LogP contribution in [0.1, 0.15) is 6.92 Å². The molecule has 0 heterocycles. The highest BCUT2D eigenvalue weighted by Crippen LogP contribution is 2.12. The number of para-hydroxylation sites is 1. The van der Waals surface area contributed by atoms with Crippen LogP contribution in [0.5, 0.6) is 0 Å². The molecule has 3 heteroatoms. The summed E-state index contributed by atoms with van der Waals surface area (Å²) in [5.41, 5.74) is 6.79. The Bertz CT molecular complexity index is 226. The Labute approximate surface area is 86.1 Å². The molecule has 74 valence electrons. The zero-order valence-electron chi connectivity index (χ0n) is 8.10. The normalized spacial score (nSPS) is 11.6. The fourth-order valence-corrected chi connectivity index (χ4v) is 1.08. The van der Waals surface area contributed by atoms with E-state index in [0.717, 1.165) is 0 Å². The molecule has 0 fully saturated rings. The molecule has 2 nitrogen and oxygen atoms in total. The fraction of sp³-hybridized carbons (Fsp3) is 0.400. The zero-order chi connectivity index (χ0) is 8.97. The van der Waals surface area contributed by atoms with Gasteiger partial charge in [-0.3, -0.25) is 0 Å². The minimum atomic E-state index is 0. The van der Waals surface area contributed by atoms with Crippen LogP contribution in [0.2, 0.25) is 0 Å². The van der Waals surface area contributed by atoms with Gasteiger partial charge in [0.15, 0.2) is 0 Å². The lowest BCUT2D eigenvalue weighted by molar-refractivity contribution is 0.695. The van der Waals surface area contributed by atoms with Gasteiger partial charge in [0.1, 0.15) is 0 Å². The molecule has 13 heavy (non-hydrogen) atoms. The lowest BCUT2D eigenvalue weighted by Gasteiger charge is -2.25. The molecule has 2 N–H and O–H groups in total. The Balaban J connectivity index is 0.00000144. The maximum atomic E-state index is 5.57. The zero-order valence-corrected chi connectivity index (χ0v) is 8.92. The Morgan fingerprint density at radius 2 is 1.85 bits per heavy atom. The number of nitrogens with zero attached hydrogens (tertiary/aromatic N) is 1. The number of benzene rings is 1. The van der Waals surface area contributed by atoms with E-state index in [9.17, 15) is 0 Å². The highest BCUT2D eigenvalue weighted by molar-refractivity contribution is 5.85. The molecule has 0 radical (unpaired) electrons. The van der Waals surface area contributed by atoms with Crippen molar-refractivity contribution in [2.24, 2.45) is 5.73 Å². The summed E-state index contributed by atoms with van der Waals surface area (Å²) in [6.07, 6.45) is 0. The summed E-state index contributed by atoms with van der Waals surface area (Å²) in [5, 5.41) is 0. The summed E-state index contributed by atoms with van der Waals surface area (Å²) >= 11 is 0. The lowest BCUT2D eigenvalue weighted by Crippen LogP contribution is -2.35. The summed E-state index contributed by atoms with van der Waals surface area (Å²) in [7, 11) is 2.06. The van der Waals surface area contributed by atoms with Gasteiger partial charge in [-0.1, -0.05) is 18.2 Å².